The average Bonchev–Trinajstić information content (AvgIpc) is 2.62. The van der Waals surface area contributed by atoms with Crippen LogP contribution in [0.3, 0.4) is 0 Å². The highest BCUT2D eigenvalue weighted by Crippen LogP contribution is 2.26. The number of aromatic nitrogens is 2. The molecule has 0 amide bonds. The van der Waals surface area contributed by atoms with Gasteiger partial charge in [0.15, 0.2) is 0 Å². The Morgan fingerprint density at radius 2 is 2.06 bits per heavy atom. The largest absolute Gasteiger partial charge is 0.307 e. The highest BCUT2D eigenvalue weighted by molar-refractivity contribution is 7.99. The maximum atomic E-state index is 4.55. The first-order valence-corrected chi connectivity index (χ1v) is 8.12. The molecular weight excluding hydrogens is 242 g/mol. The van der Waals surface area contributed by atoms with Gasteiger partial charge in [-0.15, -0.1) is 0 Å². The maximum absolute atomic E-state index is 4.55. The van der Waals surface area contributed by atoms with E-state index in [9.17, 15) is 0 Å². The lowest BCUT2D eigenvalue weighted by Crippen LogP contribution is -2.35. The molecule has 0 aliphatic carbocycles. The second kappa shape index (κ2) is 6.11. The molecule has 1 aromatic rings. The van der Waals surface area contributed by atoms with Gasteiger partial charge in [-0.25, -0.2) is 0 Å². The Balaban J connectivity index is 2.12. The van der Waals surface area contributed by atoms with Gasteiger partial charge in [-0.3, -0.25) is 4.68 Å². The number of rotatable bonds is 4. The van der Waals surface area contributed by atoms with Crippen LogP contribution in [0.2, 0.25) is 0 Å². The van der Waals surface area contributed by atoms with Crippen LogP contribution in [0.4, 0.5) is 0 Å². The van der Waals surface area contributed by atoms with Crippen molar-refractivity contribution in [3.8, 4) is 0 Å². The van der Waals surface area contributed by atoms with Crippen LogP contribution in [0.1, 0.15) is 49.2 Å². The number of aryl methyl sites for hydroxylation is 2. The standard InChI is InChI=1S/C14H25N3S/c1-5-13(15-12-6-8-18-9-7-12)14-10(2)16-17(4)11(14)3/h12-13,15H,5-9H2,1-4H3/t13-/m1/s1. The molecule has 1 atom stereocenters. The molecule has 3 nitrogen and oxygen atoms in total. The lowest BCUT2D eigenvalue weighted by molar-refractivity contribution is 0.404. The van der Waals surface area contributed by atoms with Crippen molar-refractivity contribution < 1.29 is 0 Å². The predicted octanol–water partition coefficient (Wildman–Crippen LogP) is 2.97. The lowest BCUT2D eigenvalue weighted by Gasteiger charge is -2.28. The summed E-state index contributed by atoms with van der Waals surface area (Å²) in [6.45, 7) is 6.57. The monoisotopic (exact) mass is 267 g/mol. The van der Waals surface area contributed by atoms with Crippen molar-refractivity contribution >= 4 is 11.8 Å². The second-order valence-corrected chi connectivity index (χ2v) is 6.45. The number of hydrogen-bond donors (Lipinski definition) is 1. The van der Waals surface area contributed by atoms with Crippen molar-refractivity contribution in [1.29, 1.82) is 0 Å². The summed E-state index contributed by atoms with van der Waals surface area (Å²) in [7, 11) is 2.04. The topological polar surface area (TPSA) is 29.9 Å². The Hall–Kier alpha value is -0.480. The molecule has 1 fully saturated rings. The first-order chi connectivity index (χ1) is 8.63. The molecule has 2 heterocycles. The molecule has 0 unspecified atom stereocenters. The van der Waals surface area contributed by atoms with Gasteiger partial charge in [-0.2, -0.15) is 16.9 Å². The second-order valence-electron chi connectivity index (χ2n) is 5.22. The quantitative estimate of drug-likeness (QED) is 0.909. The molecule has 102 valence electrons. The Bertz CT molecular complexity index is 394. The van der Waals surface area contributed by atoms with E-state index in [1.165, 1.54) is 41.3 Å². The van der Waals surface area contributed by atoms with E-state index in [2.05, 4.69) is 42.9 Å². The Morgan fingerprint density at radius 1 is 1.39 bits per heavy atom. The highest BCUT2D eigenvalue weighted by Gasteiger charge is 2.22. The highest BCUT2D eigenvalue weighted by atomic mass is 32.2. The molecule has 4 heteroatoms. The fraction of sp³-hybridized carbons (Fsp3) is 0.786. The third-order valence-electron chi connectivity index (χ3n) is 3.98. The molecule has 0 radical (unpaired) electrons. The molecule has 2 rings (SSSR count). The minimum Gasteiger partial charge on any atom is -0.307 e. The van der Waals surface area contributed by atoms with Crippen molar-refractivity contribution in [2.45, 2.75) is 52.1 Å². The number of nitrogens with one attached hydrogen (secondary N) is 1. The minimum absolute atomic E-state index is 0.465. The number of hydrogen-bond acceptors (Lipinski definition) is 3. The van der Waals surface area contributed by atoms with Gasteiger partial charge in [0.2, 0.25) is 0 Å². The zero-order valence-corrected chi connectivity index (χ0v) is 12.8. The van der Waals surface area contributed by atoms with E-state index in [-0.39, 0.29) is 0 Å². The summed E-state index contributed by atoms with van der Waals surface area (Å²) in [6.07, 6.45) is 3.75. The SMILES string of the molecule is CC[C@@H](NC1CCSCC1)c1c(C)nn(C)c1C. The molecular formula is C14H25N3S. The molecule has 1 aromatic heterocycles. The maximum Gasteiger partial charge on any atom is 0.0644 e. The molecule has 1 aliphatic rings. The Morgan fingerprint density at radius 3 is 2.56 bits per heavy atom. The van der Waals surface area contributed by atoms with Crippen LogP contribution >= 0.6 is 11.8 Å². The third kappa shape index (κ3) is 2.91. The van der Waals surface area contributed by atoms with E-state index < -0.39 is 0 Å². The van der Waals surface area contributed by atoms with E-state index in [0.29, 0.717) is 12.1 Å². The summed E-state index contributed by atoms with van der Waals surface area (Å²) in [5.41, 5.74) is 3.90. The molecule has 1 aliphatic heterocycles. The first-order valence-electron chi connectivity index (χ1n) is 6.97. The van der Waals surface area contributed by atoms with Gasteiger partial charge in [0.05, 0.1) is 5.69 Å². The summed E-state index contributed by atoms with van der Waals surface area (Å²) in [6, 6.07) is 1.15. The van der Waals surface area contributed by atoms with Crippen LogP contribution in [0.15, 0.2) is 0 Å². The molecule has 1 saturated heterocycles. The van der Waals surface area contributed by atoms with Crippen molar-refractivity contribution in [2.75, 3.05) is 11.5 Å². The molecule has 1 N–H and O–H groups in total. The van der Waals surface area contributed by atoms with E-state index in [4.69, 9.17) is 0 Å². The van der Waals surface area contributed by atoms with Crippen LogP contribution < -0.4 is 5.32 Å². The van der Waals surface area contributed by atoms with E-state index >= 15 is 0 Å². The fourth-order valence-electron chi connectivity index (χ4n) is 2.85. The van der Waals surface area contributed by atoms with Gasteiger partial charge in [0.25, 0.3) is 0 Å². The predicted molar refractivity (Wildman–Crippen MR) is 79.2 cm³/mol. The van der Waals surface area contributed by atoms with Gasteiger partial charge < -0.3 is 5.32 Å². The minimum atomic E-state index is 0.465. The zero-order valence-electron chi connectivity index (χ0n) is 12.0. The zero-order chi connectivity index (χ0) is 13.1. The summed E-state index contributed by atoms with van der Waals surface area (Å²) >= 11 is 2.08. The van der Waals surface area contributed by atoms with E-state index in [0.717, 1.165) is 6.42 Å². The van der Waals surface area contributed by atoms with Crippen molar-refractivity contribution in [2.24, 2.45) is 7.05 Å². The molecule has 0 saturated carbocycles. The van der Waals surface area contributed by atoms with Gasteiger partial charge >= 0.3 is 0 Å². The lowest BCUT2D eigenvalue weighted by atomic mass is 10.00. The molecule has 0 aromatic carbocycles. The van der Waals surface area contributed by atoms with Crippen LogP contribution in [0, 0.1) is 13.8 Å². The number of thioether (sulfide) groups is 1. The van der Waals surface area contributed by atoms with Gasteiger partial charge in [-0.1, -0.05) is 6.92 Å². The average molecular weight is 267 g/mol. The molecule has 0 spiro atoms. The van der Waals surface area contributed by atoms with Gasteiger partial charge in [0, 0.05) is 30.4 Å². The van der Waals surface area contributed by atoms with Gasteiger partial charge in [-0.05, 0) is 44.6 Å². The van der Waals surface area contributed by atoms with E-state index in [1.54, 1.807) is 0 Å². The van der Waals surface area contributed by atoms with Crippen LogP contribution in [-0.4, -0.2) is 27.3 Å². The number of nitrogens with zero attached hydrogens (tertiary/aromatic N) is 2. The smallest absolute Gasteiger partial charge is 0.0644 e. The van der Waals surface area contributed by atoms with Crippen molar-refractivity contribution in [3.05, 3.63) is 17.0 Å². The summed E-state index contributed by atoms with van der Waals surface area (Å²) in [5, 5.41) is 8.40. The van der Waals surface area contributed by atoms with E-state index in [1.807, 2.05) is 11.7 Å². The Kier molecular flexibility index (Phi) is 4.73. The van der Waals surface area contributed by atoms with Crippen LogP contribution in [0.5, 0.6) is 0 Å². The van der Waals surface area contributed by atoms with Gasteiger partial charge in [0.1, 0.15) is 0 Å². The third-order valence-corrected chi connectivity index (χ3v) is 5.03. The molecule has 0 bridgehead atoms. The fourth-order valence-corrected chi connectivity index (χ4v) is 3.95. The Labute approximate surface area is 115 Å². The first kappa shape index (κ1) is 13.9. The van der Waals surface area contributed by atoms with Crippen molar-refractivity contribution in [3.63, 3.8) is 0 Å². The van der Waals surface area contributed by atoms with Crippen LogP contribution in [-0.2, 0) is 7.05 Å². The van der Waals surface area contributed by atoms with Crippen molar-refractivity contribution in [1.82, 2.24) is 15.1 Å². The normalized spacial score (nSPS) is 19.1. The summed E-state index contributed by atoms with van der Waals surface area (Å²) < 4.78 is 2.01. The molecule has 18 heavy (non-hydrogen) atoms. The summed E-state index contributed by atoms with van der Waals surface area (Å²) in [5.74, 6) is 2.61. The summed E-state index contributed by atoms with van der Waals surface area (Å²) in [4.78, 5) is 0. The van der Waals surface area contributed by atoms with Crippen LogP contribution in [0.25, 0.3) is 0 Å².